The highest BCUT2D eigenvalue weighted by atomic mass is 31.2. The van der Waals surface area contributed by atoms with Crippen molar-refractivity contribution in [3.63, 3.8) is 0 Å². The van der Waals surface area contributed by atoms with Crippen LogP contribution in [0.25, 0.3) is 0 Å². The van der Waals surface area contributed by atoms with Crippen molar-refractivity contribution in [2.45, 2.75) is 39.8 Å². The van der Waals surface area contributed by atoms with E-state index in [-0.39, 0.29) is 36.9 Å². The first-order valence-electron chi connectivity index (χ1n) is 12.8. The molecule has 0 atom stereocenters. The highest BCUT2D eigenvalue weighted by molar-refractivity contribution is 7.53. The van der Waals surface area contributed by atoms with E-state index in [2.05, 4.69) is 55.2 Å². The second-order valence-corrected chi connectivity index (χ2v) is 11.2. The number of nitrogens with zero attached hydrogens (tertiary/aromatic N) is 4. The first-order chi connectivity index (χ1) is 17.9. The van der Waals surface area contributed by atoms with Crippen LogP contribution in [0.5, 0.6) is 0 Å². The van der Waals surface area contributed by atoms with Gasteiger partial charge in [-0.15, -0.1) is 0 Å². The van der Waals surface area contributed by atoms with Crippen LogP contribution in [0.3, 0.4) is 0 Å². The van der Waals surface area contributed by atoms with Crippen molar-refractivity contribution in [3.8, 4) is 0 Å². The zero-order valence-electron chi connectivity index (χ0n) is 21.5. The van der Waals surface area contributed by atoms with Crippen LogP contribution in [0.1, 0.15) is 37.8 Å². The lowest BCUT2D eigenvalue weighted by molar-refractivity contribution is -0.115. The van der Waals surface area contributed by atoms with Gasteiger partial charge in [-0.1, -0.05) is 24.3 Å². The molecule has 202 valence electrons. The summed E-state index contributed by atoms with van der Waals surface area (Å²) in [6, 6.07) is 8.44. The second-order valence-electron chi connectivity index (χ2n) is 9.04. The molecule has 0 spiro atoms. The first-order valence-corrected chi connectivity index (χ1v) is 14.5. The number of nitrogen functional groups attached to an aromatic ring is 1. The molecule has 0 bridgehead atoms. The number of aromatic nitrogens is 2. The molecule has 12 nitrogen and oxygen atoms in total. The maximum Gasteiger partial charge on any atom is 0.332 e. The van der Waals surface area contributed by atoms with Crippen molar-refractivity contribution < 1.29 is 18.4 Å². The number of likely N-dealkylation sites (tertiary alicyclic amines) is 1. The monoisotopic (exact) mass is 532 g/mol. The van der Waals surface area contributed by atoms with Crippen LogP contribution in [0.4, 0.5) is 23.3 Å². The Morgan fingerprint density at radius 3 is 2.49 bits per heavy atom. The Bertz CT molecular complexity index is 1120. The summed E-state index contributed by atoms with van der Waals surface area (Å²) in [5.74, 6) is 6.68. The summed E-state index contributed by atoms with van der Waals surface area (Å²) in [5, 5.41) is 5.92. The summed E-state index contributed by atoms with van der Waals surface area (Å²) < 4.78 is 23.5. The summed E-state index contributed by atoms with van der Waals surface area (Å²) in [4.78, 5) is 25.9. The van der Waals surface area contributed by atoms with E-state index in [1.165, 1.54) is 18.4 Å². The number of anilines is 4. The molecule has 13 heteroatoms. The van der Waals surface area contributed by atoms with E-state index in [1.54, 1.807) is 13.8 Å². The maximum absolute atomic E-state index is 12.8. The largest absolute Gasteiger partial charge is 0.353 e. The van der Waals surface area contributed by atoms with Gasteiger partial charge in [0.2, 0.25) is 11.9 Å². The molecule has 5 N–H and O–H groups in total. The molecular formula is C24H37N8O4P. The van der Waals surface area contributed by atoms with Crippen LogP contribution in [-0.4, -0.2) is 66.3 Å². The minimum Gasteiger partial charge on any atom is -0.353 e. The number of carbonyl (C=O) groups is 1. The van der Waals surface area contributed by atoms with Crippen LogP contribution >= 0.6 is 7.60 Å². The van der Waals surface area contributed by atoms with E-state index < -0.39 is 7.60 Å². The Hall–Kier alpha value is -2.76. The highest BCUT2D eigenvalue weighted by Gasteiger charge is 2.28. The van der Waals surface area contributed by atoms with Gasteiger partial charge in [-0.05, 0) is 50.9 Å². The number of amides is 1. The van der Waals surface area contributed by atoms with E-state index in [9.17, 15) is 9.36 Å². The van der Waals surface area contributed by atoms with Gasteiger partial charge in [-0.2, -0.15) is 9.97 Å². The Morgan fingerprint density at radius 1 is 1.11 bits per heavy atom. The fourth-order valence-corrected chi connectivity index (χ4v) is 6.15. The molecule has 0 aliphatic carbocycles. The number of carbonyl (C=O) groups excluding carboxylic acids is 1. The van der Waals surface area contributed by atoms with Crippen LogP contribution in [-0.2, 0) is 31.5 Å². The summed E-state index contributed by atoms with van der Waals surface area (Å²) >= 11 is 0. The normalized spacial score (nSPS) is 16.0. The van der Waals surface area contributed by atoms with Gasteiger partial charge in [0, 0.05) is 19.6 Å². The Morgan fingerprint density at radius 2 is 1.81 bits per heavy atom. The predicted octanol–water partition coefficient (Wildman–Crippen LogP) is 2.99. The molecule has 4 rings (SSSR count). The molecular weight excluding hydrogens is 495 g/mol. The molecule has 2 aromatic rings. The average molecular weight is 533 g/mol. The van der Waals surface area contributed by atoms with Gasteiger partial charge >= 0.3 is 7.60 Å². The molecule has 0 saturated carbocycles. The molecule has 37 heavy (non-hydrogen) atoms. The highest BCUT2D eigenvalue weighted by Crippen LogP contribution is 2.47. The van der Waals surface area contributed by atoms with Crippen LogP contribution in [0.15, 0.2) is 24.3 Å². The van der Waals surface area contributed by atoms with E-state index in [0.29, 0.717) is 31.3 Å². The van der Waals surface area contributed by atoms with E-state index in [0.717, 1.165) is 25.2 Å². The second kappa shape index (κ2) is 12.7. The van der Waals surface area contributed by atoms with Crippen molar-refractivity contribution in [3.05, 3.63) is 35.4 Å². The van der Waals surface area contributed by atoms with Gasteiger partial charge < -0.3 is 30.0 Å². The Balaban J connectivity index is 1.51. The standard InChI is InChI=1S/C24H37N8O4P/c1-3-35-37(34,36-4-2)13-10-26-24-28-22(30-25)21-23(29-24)32(17-20(33)27-21)16-19-9-7-8-18(14-19)15-31-11-5-6-12-31/h7-9,14H,3-6,10-13,15-17,25H2,1-2H3,(H,27,33)(H2,26,28,29,30). The number of rotatable bonds is 13. The summed E-state index contributed by atoms with van der Waals surface area (Å²) in [5.41, 5.74) is 5.32. The number of benzene rings is 1. The van der Waals surface area contributed by atoms with E-state index in [4.69, 9.17) is 14.9 Å². The molecule has 2 aliphatic rings. The number of hydrogen-bond donors (Lipinski definition) is 4. The number of hydrogen-bond acceptors (Lipinski definition) is 11. The van der Waals surface area contributed by atoms with Gasteiger partial charge in [0.15, 0.2) is 11.6 Å². The zero-order valence-corrected chi connectivity index (χ0v) is 22.4. The quantitative estimate of drug-likeness (QED) is 0.171. The van der Waals surface area contributed by atoms with Crippen LogP contribution in [0, 0.1) is 0 Å². The average Bonchev–Trinajstić information content (AvgIpc) is 3.37. The number of fused-ring (bicyclic) bond motifs is 1. The summed E-state index contributed by atoms with van der Waals surface area (Å²) in [6.45, 7) is 8.24. The van der Waals surface area contributed by atoms with Crippen LogP contribution < -0.4 is 26.8 Å². The SMILES string of the molecule is CCOP(=O)(CCNc1nc(NN)c2c(n1)N(Cc1cccc(CN3CCCC3)c1)CC(=O)N2)OCC. The molecule has 2 aliphatic heterocycles. The summed E-state index contributed by atoms with van der Waals surface area (Å²) in [7, 11) is -3.21. The third kappa shape index (κ3) is 7.18. The molecule has 1 fully saturated rings. The number of nitrogens with two attached hydrogens (primary N) is 1. The third-order valence-corrected chi connectivity index (χ3v) is 8.29. The fourth-order valence-electron chi connectivity index (χ4n) is 4.64. The van der Waals surface area contributed by atoms with Crippen molar-refractivity contribution in [1.82, 2.24) is 14.9 Å². The zero-order chi connectivity index (χ0) is 26.3. The minimum absolute atomic E-state index is 0.147. The van der Waals surface area contributed by atoms with Gasteiger partial charge in [0.25, 0.3) is 0 Å². The maximum atomic E-state index is 12.8. The fraction of sp³-hybridized carbons (Fsp3) is 0.542. The van der Waals surface area contributed by atoms with E-state index >= 15 is 0 Å². The molecule has 1 saturated heterocycles. The van der Waals surface area contributed by atoms with Gasteiger partial charge in [-0.25, -0.2) is 5.84 Å². The molecule has 1 aromatic heterocycles. The Kier molecular flexibility index (Phi) is 9.33. The van der Waals surface area contributed by atoms with Gasteiger partial charge in [0.05, 0.1) is 25.9 Å². The minimum atomic E-state index is -3.21. The molecule has 1 amide bonds. The topological polar surface area (TPSA) is 147 Å². The molecule has 1 aromatic carbocycles. The summed E-state index contributed by atoms with van der Waals surface area (Å²) in [6.07, 6.45) is 2.66. The lowest BCUT2D eigenvalue weighted by atomic mass is 10.1. The van der Waals surface area contributed by atoms with Crippen molar-refractivity contribution in [1.29, 1.82) is 0 Å². The number of hydrazine groups is 1. The third-order valence-electron chi connectivity index (χ3n) is 6.22. The van der Waals surface area contributed by atoms with Crippen molar-refractivity contribution in [2.24, 2.45) is 5.84 Å². The number of nitrogens with one attached hydrogen (secondary N) is 3. The van der Waals surface area contributed by atoms with Crippen molar-refractivity contribution >= 4 is 36.8 Å². The molecule has 0 unspecified atom stereocenters. The lowest BCUT2D eigenvalue weighted by Gasteiger charge is -2.31. The molecule has 0 radical (unpaired) electrons. The predicted molar refractivity (Wildman–Crippen MR) is 145 cm³/mol. The van der Waals surface area contributed by atoms with Crippen LogP contribution in [0.2, 0.25) is 0 Å². The lowest BCUT2D eigenvalue weighted by Crippen LogP contribution is -2.39. The Labute approximate surface area is 217 Å². The smallest absolute Gasteiger partial charge is 0.332 e. The first kappa shape index (κ1) is 27.3. The van der Waals surface area contributed by atoms with Crippen molar-refractivity contribution in [2.75, 3.05) is 66.5 Å². The van der Waals surface area contributed by atoms with Gasteiger partial charge in [0.1, 0.15) is 5.69 Å². The molecule has 3 heterocycles. The van der Waals surface area contributed by atoms with Gasteiger partial charge in [-0.3, -0.25) is 14.3 Å². The van der Waals surface area contributed by atoms with E-state index in [1.807, 2.05) is 4.90 Å².